The molecule has 0 saturated heterocycles. The lowest BCUT2D eigenvalue weighted by atomic mass is 10.1. The highest BCUT2D eigenvalue weighted by atomic mass is 127. The third kappa shape index (κ3) is 1.87. The normalized spacial score (nSPS) is 9.93. The zero-order chi connectivity index (χ0) is 10.7. The Balaban J connectivity index is 3.52. The van der Waals surface area contributed by atoms with Crippen molar-refractivity contribution < 1.29 is 13.6 Å². The predicted octanol–water partition coefficient (Wildman–Crippen LogP) is 2.31. The van der Waals surface area contributed by atoms with E-state index in [1.807, 2.05) is 0 Å². The van der Waals surface area contributed by atoms with Gasteiger partial charge in [-0.05, 0) is 22.6 Å². The van der Waals surface area contributed by atoms with E-state index in [9.17, 15) is 13.6 Å². The Morgan fingerprint density at radius 1 is 1.64 bits per heavy atom. The molecule has 1 aromatic rings. The lowest BCUT2D eigenvalue weighted by Gasteiger charge is -2.05. The minimum absolute atomic E-state index is 0.0414. The first kappa shape index (κ1) is 11.0. The maximum absolute atomic E-state index is 12.5. The molecular weight excluding hydrogens is 305 g/mol. The average Bonchev–Trinajstić information content (AvgIpc) is 2.16. The van der Waals surface area contributed by atoms with Gasteiger partial charge in [-0.3, -0.25) is 4.79 Å². The lowest BCUT2D eigenvalue weighted by Crippen LogP contribution is -2.02. The monoisotopic (exact) mass is 308 g/mol. The van der Waals surface area contributed by atoms with E-state index >= 15 is 0 Å². The molecule has 0 aliphatic heterocycles. The molecule has 0 amide bonds. The fourth-order valence-corrected chi connectivity index (χ4v) is 1.58. The summed E-state index contributed by atoms with van der Waals surface area (Å²) >= 11 is 1.60. The summed E-state index contributed by atoms with van der Waals surface area (Å²) in [7, 11) is 0. The van der Waals surface area contributed by atoms with Crippen molar-refractivity contribution in [3.8, 4) is 6.07 Å². The number of hydrogen-bond donors (Lipinski definition) is 0. The van der Waals surface area contributed by atoms with Crippen molar-refractivity contribution in [2.75, 3.05) is 0 Å². The van der Waals surface area contributed by atoms with Gasteiger partial charge in [0.05, 0.1) is 16.7 Å². The first-order valence-electron chi connectivity index (χ1n) is 3.43. The van der Waals surface area contributed by atoms with Crippen molar-refractivity contribution in [2.24, 2.45) is 0 Å². The number of alkyl halides is 2. The van der Waals surface area contributed by atoms with Gasteiger partial charge in [-0.2, -0.15) is 5.26 Å². The zero-order valence-electron chi connectivity index (χ0n) is 6.67. The Morgan fingerprint density at radius 2 is 2.29 bits per heavy atom. The van der Waals surface area contributed by atoms with Crippen LogP contribution in [0.5, 0.6) is 0 Å². The third-order valence-corrected chi connectivity index (χ3v) is 2.41. The summed E-state index contributed by atoms with van der Waals surface area (Å²) in [5, 5.41) is 8.63. The Labute approximate surface area is 91.9 Å². The summed E-state index contributed by atoms with van der Waals surface area (Å²) in [6.07, 6.45) is -1.35. The lowest BCUT2D eigenvalue weighted by molar-refractivity contribution is 0.112. The van der Waals surface area contributed by atoms with Crippen LogP contribution in [0, 0.1) is 15.0 Å². The smallest absolute Gasteiger partial charge is 0.267 e. The molecule has 1 aromatic heterocycles. The van der Waals surface area contributed by atoms with E-state index in [-0.39, 0.29) is 14.8 Å². The van der Waals surface area contributed by atoms with E-state index in [1.54, 1.807) is 28.7 Å². The number of nitriles is 1. The number of carbonyl (C=O) groups excluding carboxylic acids is 1. The minimum atomic E-state index is -2.80. The maximum atomic E-state index is 12.5. The van der Waals surface area contributed by atoms with E-state index in [2.05, 4.69) is 4.98 Å². The van der Waals surface area contributed by atoms with Crippen LogP contribution >= 0.6 is 22.6 Å². The molecule has 0 spiro atoms. The number of nitrogens with zero attached hydrogens (tertiary/aromatic N) is 2. The van der Waals surface area contributed by atoms with Gasteiger partial charge in [0.15, 0.2) is 6.29 Å². The van der Waals surface area contributed by atoms with E-state index in [1.165, 1.54) is 0 Å². The molecule has 0 aliphatic carbocycles. The van der Waals surface area contributed by atoms with Gasteiger partial charge in [0.2, 0.25) is 0 Å². The van der Waals surface area contributed by atoms with E-state index in [4.69, 9.17) is 5.26 Å². The van der Waals surface area contributed by atoms with E-state index < -0.39 is 12.0 Å². The van der Waals surface area contributed by atoms with Gasteiger partial charge in [-0.1, -0.05) is 0 Å². The molecule has 0 N–H and O–H groups in total. The molecule has 1 rings (SSSR count). The third-order valence-electron chi connectivity index (χ3n) is 1.55. The van der Waals surface area contributed by atoms with Crippen molar-refractivity contribution in [1.82, 2.24) is 4.98 Å². The molecule has 3 nitrogen and oxygen atoms in total. The molecule has 0 atom stereocenters. The van der Waals surface area contributed by atoms with Crippen LogP contribution < -0.4 is 0 Å². The number of halogens is 3. The van der Waals surface area contributed by atoms with Crippen molar-refractivity contribution >= 4 is 28.9 Å². The molecule has 0 aliphatic rings. The number of aromatic nitrogens is 1. The molecule has 0 fully saturated rings. The number of carbonyl (C=O) groups is 1. The summed E-state index contributed by atoms with van der Waals surface area (Å²) in [5.41, 5.74) is -0.879. The molecule has 6 heteroatoms. The second-order valence-corrected chi connectivity index (χ2v) is 3.35. The molecule has 14 heavy (non-hydrogen) atoms. The zero-order valence-corrected chi connectivity index (χ0v) is 8.83. The Hall–Kier alpha value is -1.10. The van der Waals surface area contributed by atoms with Crippen LogP contribution in [0.25, 0.3) is 0 Å². The first-order valence-corrected chi connectivity index (χ1v) is 4.51. The second-order valence-electron chi connectivity index (χ2n) is 2.32. The maximum Gasteiger partial charge on any atom is 0.267 e. The van der Waals surface area contributed by atoms with Crippen molar-refractivity contribution in [3.63, 3.8) is 0 Å². The van der Waals surface area contributed by atoms with Crippen LogP contribution in [-0.4, -0.2) is 11.3 Å². The van der Waals surface area contributed by atoms with Crippen molar-refractivity contribution in [1.29, 1.82) is 5.26 Å². The molecule has 1 heterocycles. The van der Waals surface area contributed by atoms with Gasteiger partial charge < -0.3 is 0 Å². The molecule has 0 saturated carbocycles. The molecule has 0 bridgehead atoms. The summed E-state index contributed by atoms with van der Waals surface area (Å²) < 4.78 is 25.0. The van der Waals surface area contributed by atoms with E-state index in [0.29, 0.717) is 6.29 Å². The van der Waals surface area contributed by atoms with Crippen molar-refractivity contribution in [2.45, 2.75) is 6.43 Å². The fourth-order valence-electron chi connectivity index (χ4n) is 0.932. The van der Waals surface area contributed by atoms with Crippen LogP contribution in [0.3, 0.4) is 0 Å². The first-order chi connectivity index (χ1) is 6.61. The molecule has 0 unspecified atom stereocenters. The Kier molecular flexibility index (Phi) is 3.46. The van der Waals surface area contributed by atoms with Crippen LogP contribution in [0.4, 0.5) is 8.78 Å². The number of pyridine rings is 1. The number of rotatable bonds is 2. The van der Waals surface area contributed by atoms with Gasteiger partial charge >= 0.3 is 0 Å². The molecular formula is C8H3F2IN2O. The standard InChI is InChI=1S/C8H3F2IN2O/c9-7(10)6-5(1-12)4(3-14)2-13-8(6)11/h2-3,7H. The largest absolute Gasteiger partial charge is 0.298 e. The average molecular weight is 308 g/mol. The molecule has 72 valence electrons. The topological polar surface area (TPSA) is 53.8 Å². The van der Waals surface area contributed by atoms with Crippen LogP contribution in [-0.2, 0) is 0 Å². The van der Waals surface area contributed by atoms with Crippen LogP contribution in [0.1, 0.15) is 27.9 Å². The fraction of sp³-hybridized carbons (Fsp3) is 0.125. The predicted molar refractivity (Wildman–Crippen MR) is 52.0 cm³/mol. The highest BCUT2D eigenvalue weighted by Gasteiger charge is 2.20. The van der Waals surface area contributed by atoms with Gasteiger partial charge in [-0.25, -0.2) is 13.8 Å². The van der Waals surface area contributed by atoms with Crippen molar-refractivity contribution in [3.05, 3.63) is 26.6 Å². The molecule has 0 radical (unpaired) electrons. The Bertz CT molecular complexity index is 415. The highest BCUT2D eigenvalue weighted by molar-refractivity contribution is 14.1. The van der Waals surface area contributed by atoms with E-state index in [0.717, 1.165) is 6.20 Å². The van der Waals surface area contributed by atoms with Gasteiger partial charge in [0, 0.05) is 6.20 Å². The number of hydrogen-bond acceptors (Lipinski definition) is 3. The molecule has 0 aromatic carbocycles. The highest BCUT2D eigenvalue weighted by Crippen LogP contribution is 2.27. The quantitative estimate of drug-likeness (QED) is 0.478. The van der Waals surface area contributed by atoms with Crippen LogP contribution in [0.15, 0.2) is 6.20 Å². The summed E-state index contributed by atoms with van der Waals surface area (Å²) in [6, 6.07) is 1.58. The summed E-state index contributed by atoms with van der Waals surface area (Å²) in [6.45, 7) is 0. The summed E-state index contributed by atoms with van der Waals surface area (Å²) in [5.74, 6) is 0. The van der Waals surface area contributed by atoms with Crippen LogP contribution in [0.2, 0.25) is 0 Å². The van der Waals surface area contributed by atoms with Gasteiger partial charge in [-0.15, -0.1) is 0 Å². The SMILES string of the molecule is N#Cc1c(C=O)cnc(I)c1C(F)F. The second kappa shape index (κ2) is 4.41. The van der Waals surface area contributed by atoms with Gasteiger partial charge in [0.25, 0.3) is 6.43 Å². The van der Waals surface area contributed by atoms with Gasteiger partial charge in [0.1, 0.15) is 9.77 Å². The summed E-state index contributed by atoms with van der Waals surface area (Å²) in [4.78, 5) is 14.0. The minimum Gasteiger partial charge on any atom is -0.298 e. The Morgan fingerprint density at radius 3 is 2.71 bits per heavy atom. The number of aldehydes is 1.